The third kappa shape index (κ3) is 4.02. The highest BCUT2D eigenvalue weighted by atomic mass is 16.5. The van der Waals surface area contributed by atoms with Crippen LogP contribution in [0.1, 0.15) is 23.0 Å². The van der Waals surface area contributed by atoms with Gasteiger partial charge in [0.05, 0.1) is 12.2 Å². The second kappa shape index (κ2) is 7.90. The van der Waals surface area contributed by atoms with E-state index in [1.54, 1.807) is 12.4 Å². The summed E-state index contributed by atoms with van der Waals surface area (Å²) in [7, 11) is 2.06. The molecule has 27 heavy (non-hydrogen) atoms. The normalized spacial score (nSPS) is 17.8. The number of hydrogen-bond acceptors (Lipinski definition) is 5. The summed E-state index contributed by atoms with van der Waals surface area (Å²) < 4.78 is 8.06. The fraction of sp³-hybridized carbons (Fsp3) is 0.333. The number of aromatic nitrogens is 3. The molecule has 0 spiro atoms. The monoisotopic (exact) mass is 363 g/mol. The lowest BCUT2D eigenvalue weighted by Gasteiger charge is -2.35. The van der Waals surface area contributed by atoms with Crippen molar-refractivity contribution in [3.63, 3.8) is 0 Å². The zero-order chi connectivity index (χ0) is 18.6. The largest absolute Gasteiger partial charge is 0.455 e. The molecule has 140 valence electrons. The minimum atomic E-state index is 0.283. The zero-order valence-corrected chi connectivity index (χ0v) is 15.8. The van der Waals surface area contributed by atoms with E-state index in [-0.39, 0.29) is 6.04 Å². The van der Waals surface area contributed by atoms with E-state index in [0.29, 0.717) is 0 Å². The first-order valence-corrected chi connectivity index (χ1v) is 9.30. The average Bonchev–Trinajstić information content (AvgIpc) is 3.11. The van der Waals surface area contributed by atoms with Crippen LogP contribution < -0.4 is 10.1 Å². The first kappa shape index (κ1) is 17.7. The number of benzene rings is 1. The molecule has 1 aliphatic rings. The molecule has 2 aromatic heterocycles. The second-order valence-electron chi connectivity index (χ2n) is 6.98. The van der Waals surface area contributed by atoms with Crippen LogP contribution in [0.2, 0.25) is 0 Å². The maximum atomic E-state index is 5.95. The van der Waals surface area contributed by atoms with Gasteiger partial charge in [-0.1, -0.05) is 12.1 Å². The number of ether oxygens (including phenoxy) is 1. The summed E-state index contributed by atoms with van der Waals surface area (Å²) in [5.74, 6) is 2.73. The molecule has 1 atom stereocenters. The third-order valence-electron chi connectivity index (χ3n) is 5.00. The standard InChI is InChI=1S/C21H25N5O/c1-16-12-17(5-6-20(16)27-18-4-3-7-22-13-18)15-26-11-8-23-14-19(26)21-24-9-10-25(21)2/h3-7,9-10,12-13,19,23H,8,11,14-15H2,1-2H3. The number of piperazine rings is 1. The molecule has 6 heteroatoms. The number of hydrogen-bond donors (Lipinski definition) is 1. The topological polar surface area (TPSA) is 55.2 Å². The lowest BCUT2D eigenvalue weighted by molar-refractivity contribution is 0.144. The predicted molar refractivity (Wildman–Crippen MR) is 105 cm³/mol. The maximum Gasteiger partial charge on any atom is 0.145 e. The Morgan fingerprint density at radius 3 is 2.93 bits per heavy atom. The van der Waals surface area contributed by atoms with Crippen molar-refractivity contribution in [1.82, 2.24) is 24.8 Å². The van der Waals surface area contributed by atoms with Gasteiger partial charge in [0, 0.05) is 51.8 Å². The molecule has 0 saturated carbocycles. The van der Waals surface area contributed by atoms with Crippen molar-refractivity contribution in [3.05, 3.63) is 72.1 Å². The maximum absolute atomic E-state index is 5.95. The molecule has 3 aromatic rings. The lowest BCUT2D eigenvalue weighted by atomic mass is 10.1. The van der Waals surface area contributed by atoms with E-state index in [9.17, 15) is 0 Å². The van der Waals surface area contributed by atoms with Crippen LogP contribution in [0.25, 0.3) is 0 Å². The number of imidazole rings is 1. The van der Waals surface area contributed by atoms with Crippen LogP contribution in [0, 0.1) is 6.92 Å². The van der Waals surface area contributed by atoms with E-state index in [1.807, 2.05) is 24.5 Å². The fourth-order valence-electron chi connectivity index (χ4n) is 3.58. The van der Waals surface area contributed by atoms with Crippen molar-refractivity contribution in [2.75, 3.05) is 19.6 Å². The van der Waals surface area contributed by atoms with Crippen molar-refractivity contribution < 1.29 is 4.74 Å². The van der Waals surface area contributed by atoms with Crippen LogP contribution in [-0.2, 0) is 13.6 Å². The first-order valence-electron chi connectivity index (χ1n) is 9.30. The molecule has 6 nitrogen and oxygen atoms in total. The van der Waals surface area contributed by atoms with Crippen molar-refractivity contribution in [2.24, 2.45) is 7.05 Å². The number of nitrogens with one attached hydrogen (secondary N) is 1. The second-order valence-corrected chi connectivity index (χ2v) is 6.98. The molecular weight excluding hydrogens is 338 g/mol. The minimum Gasteiger partial charge on any atom is -0.455 e. The fourth-order valence-corrected chi connectivity index (χ4v) is 3.58. The van der Waals surface area contributed by atoms with Gasteiger partial charge in [-0.05, 0) is 36.2 Å². The Bertz CT molecular complexity index is 893. The molecule has 1 aromatic carbocycles. The summed E-state index contributed by atoms with van der Waals surface area (Å²) in [6.45, 7) is 5.91. The number of aryl methyl sites for hydroxylation is 2. The van der Waals surface area contributed by atoms with Crippen LogP contribution >= 0.6 is 0 Å². The van der Waals surface area contributed by atoms with E-state index in [2.05, 4.69) is 56.9 Å². The lowest BCUT2D eigenvalue weighted by Crippen LogP contribution is -2.46. The van der Waals surface area contributed by atoms with Crippen LogP contribution in [0.4, 0.5) is 0 Å². The molecule has 1 N–H and O–H groups in total. The quantitative estimate of drug-likeness (QED) is 0.755. The summed E-state index contributed by atoms with van der Waals surface area (Å²) in [6.07, 6.45) is 7.35. The highest BCUT2D eigenvalue weighted by Gasteiger charge is 2.26. The highest BCUT2D eigenvalue weighted by molar-refractivity contribution is 5.39. The van der Waals surface area contributed by atoms with E-state index in [0.717, 1.165) is 49.1 Å². The molecule has 1 fully saturated rings. The Labute approximate surface area is 159 Å². The summed E-state index contributed by atoms with van der Waals surface area (Å²) in [6, 6.07) is 10.5. The van der Waals surface area contributed by atoms with Gasteiger partial charge >= 0.3 is 0 Å². The number of rotatable bonds is 5. The first-order chi connectivity index (χ1) is 13.2. The van der Waals surface area contributed by atoms with Gasteiger partial charge in [0.15, 0.2) is 0 Å². The Hall–Kier alpha value is -2.70. The molecule has 4 rings (SSSR count). The minimum absolute atomic E-state index is 0.283. The van der Waals surface area contributed by atoms with Gasteiger partial charge in [-0.3, -0.25) is 9.88 Å². The molecule has 0 bridgehead atoms. The van der Waals surface area contributed by atoms with Crippen LogP contribution in [-0.4, -0.2) is 39.1 Å². The van der Waals surface area contributed by atoms with Gasteiger partial charge in [0.25, 0.3) is 0 Å². The third-order valence-corrected chi connectivity index (χ3v) is 5.00. The van der Waals surface area contributed by atoms with Crippen LogP contribution in [0.5, 0.6) is 11.5 Å². The van der Waals surface area contributed by atoms with Crippen molar-refractivity contribution in [2.45, 2.75) is 19.5 Å². The molecule has 1 unspecified atom stereocenters. The van der Waals surface area contributed by atoms with Gasteiger partial charge in [0.2, 0.25) is 0 Å². The Kier molecular flexibility index (Phi) is 5.18. The van der Waals surface area contributed by atoms with E-state index in [4.69, 9.17) is 4.74 Å². The average molecular weight is 363 g/mol. The van der Waals surface area contributed by atoms with Gasteiger partial charge in [-0.25, -0.2) is 4.98 Å². The van der Waals surface area contributed by atoms with Crippen molar-refractivity contribution >= 4 is 0 Å². The van der Waals surface area contributed by atoms with Gasteiger partial charge in [-0.2, -0.15) is 0 Å². The summed E-state index contributed by atoms with van der Waals surface area (Å²) >= 11 is 0. The van der Waals surface area contributed by atoms with Gasteiger partial charge in [0.1, 0.15) is 17.3 Å². The zero-order valence-electron chi connectivity index (χ0n) is 15.8. The molecule has 0 radical (unpaired) electrons. The Morgan fingerprint density at radius 2 is 2.19 bits per heavy atom. The number of nitrogens with zero attached hydrogens (tertiary/aromatic N) is 4. The Morgan fingerprint density at radius 1 is 1.26 bits per heavy atom. The van der Waals surface area contributed by atoms with Gasteiger partial charge < -0.3 is 14.6 Å². The summed E-state index contributed by atoms with van der Waals surface area (Å²) in [5.41, 5.74) is 2.41. The highest BCUT2D eigenvalue weighted by Crippen LogP contribution is 2.27. The molecule has 1 aliphatic heterocycles. The summed E-state index contributed by atoms with van der Waals surface area (Å²) in [4.78, 5) is 11.2. The SMILES string of the molecule is Cc1cc(CN2CCNCC2c2nccn2C)ccc1Oc1cccnc1. The van der Waals surface area contributed by atoms with Crippen LogP contribution in [0.15, 0.2) is 55.1 Å². The molecular formula is C21H25N5O. The van der Waals surface area contributed by atoms with Gasteiger partial charge in [-0.15, -0.1) is 0 Å². The molecule has 0 aliphatic carbocycles. The predicted octanol–water partition coefficient (Wildman–Crippen LogP) is 3.06. The summed E-state index contributed by atoms with van der Waals surface area (Å²) in [5, 5.41) is 3.49. The van der Waals surface area contributed by atoms with Crippen LogP contribution in [0.3, 0.4) is 0 Å². The van der Waals surface area contributed by atoms with E-state index in [1.165, 1.54) is 5.56 Å². The smallest absolute Gasteiger partial charge is 0.145 e. The van der Waals surface area contributed by atoms with Crippen molar-refractivity contribution in [1.29, 1.82) is 0 Å². The molecule has 0 amide bonds. The molecule has 3 heterocycles. The number of pyridine rings is 1. The molecule has 1 saturated heterocycles. The van der Waals surface area contributed by atoms with Crippen molar-refractivity contribution in [3.8, 4) is 11.5 Å². The van der Waals surface area contributed by atoms with E-state index >= 15 is 0 Å². The van der Waals surface area contributed by atoms with E-state index < -0.39 is 0 Å². The Balaban J connectivity index is 1.50.